The van der Waals surface area contributed by atoms with Gasteiger partial charge < -0.3 is 18.9 Å². The van der Waals surface area contributed by atoms with Gasteiger partial charge in [-0.25, -0.2) is 0 Å². The molecule has 0 unspecified atom stereocenters. The number of aromatic nitrogens is 4. The fourth-order valence-electron chi connectivity index (χ4n) is 3.71. The minimum Gasteiger partial charge on any atom is -0.497 e. The first kappa shape index (κ1) is 17.9. The van der Waals surface area contributed by atoms with Gasteiger partial charge in [0.15, 0.2) is 17.3 Å². The number of methoxy groups -OCH3 is 1. The van der Waals surface area contributed by atoms with Crippen molar-refractivity contribution < 1.29 is 18.9 Å². The Morgan fingerprint density at radius 3 is 2.59 bits per heavy atom. The van der Waals surface area contributed by atoms with Crippen LogP contribution in [0.1, 0.15) is 17.4 Å². The SMILES string of the molecule is COc1ccc(-n2nnnc2[C@H](c2ccc3c(c2)OCO3)N2CCOCC2)cc1. The van der Waals surface area contributed by atoms with Crippen molar-refractivity contribution in [2.24, 2.45) is 0 Å². The summed E-state index contributed by atoms with van der Waals surface area (Å²) in [6, 6.07) is 13.5. The lowest BCUT2D eigenvalue weighted by Gasteiger charge is -2.34. The minimum absolute atomic E-state index is 0.148. The Morgan fingerprint density at radius 2 is 1.79 bits per heavy atom. The molecule has 9 nitrogen and oxygen atoms in total. The average molecular weight is 395 g/mol. The number of benzene rings is 2. The van der Waals surface area contributed by atoms with Crippen LogP contribution >= 0.6 is 0 Å². The number of tetrazole rings is 1. The van der Waals surface area contributed by atoms with E-state index in [2.05, 4.69) is 20.4 Å². The molecule has 2 aromatic carbocycles. The molecule has 9 heteroatoms. The third-order valence-electron chi connectivity index (χ3n) is 5.18. The van der Waals surface area contributed by atoms with Gasteiger partial charge in [0.25, 0.3) is 0 Å². The van der Waals surface area contributed by atoms with Crippen LogP contribution in [0.2, 0.25) is 0 Å². The molecule has 3 aromatic rings. The van der Waals surface area contributed by atoms with E-state index in [1.807, 2.05) is 42.5 Å². The summed E-state index contributed by atoms with van der Waals surface area (Å²) in [7, 11) is 1.64. The molecular weight excluding hydrogens is 374 g/mol. The minimum atomic E-state index is -0.148. The van der Waals surface area contributed by atoms with Gasteiger partial charge in [0.05, 0.1) is 32.1 Å². The molecule has 29 heavy (non-hydrogen) atoms. The number of ether oxygens (including phenoxy) is 4. The summed E-state index contributed by atoms with van der Waals surface area (Å²) in [6.07, 6.45) is 0. The summed E-state index contributed by atoms with van der Waals surface area (Å²) in [4.78, 5) is 2.33. The van der Waals surface area contributed by atoms with Crippen LogP contribution in [-0.2, 0) is 4.74 Å². The summed E-state index contributed by atoms with van der Waals surface area (Å²) in [5.41, 5.74) is 1.91. The maximum absolute atomic E-state index is 5.60. The van der Waals surface area contributed by atoms with E-state index in [4.69, 9.17) is 18.9 Å². The van der Waals surface area contributed by atoms with E-state index in [1.165, 1.54) is 0 Å². The van der Waals surface area contributed by atoms with Crippen molar-refractivity contribution in [3.63, 3.8) is 0 Å². The van der Waals surface area contributed by atoms with Crippen molar-refractivity contribution >= 4 is 0 Å². The second-order valence-electron chi connectivity index (χ2n) is 6.81. The molecule has 0 amide bonds. The zero-order chi connectivity index (χ0) is 19.6. The third-order valence-corrected chi connectivity index (χ3v) is 5.18. The third kappa shape index (κ3) is 3.39. The molecule has 1 atom stereocenters. The Morgan fingerprint density at radius 1 is 1.00 bits per heavy atom. The first-order chi connectivity index (χ1) is 14.3. The van der Waals surface area contributed by atoms with Gasteiger partial charge >= 0.3 is 0 Å². The van der Waals surface area contributed by atoms with Crippen LogP contribution in [0.15, 0.2) is 42.5 Å². The zero-order valence-electron chi connectivity index (χ0n) is 16.0. The van der Waals surface area contributed by atoms with Crippen LogP contribution in [0.4, 0.5) is 0 Å². The Hall–Kier alpha value is -3.17. The summed E-state index contributed by atoms with van der Waals surface area (Å²) in [6.45, 7) is 3.16. The van der Waals surface area contributed by atoms with E-state index < -0.39 is 0 Å². The highest BCUT2D eigenvalue weighted by Crippen LogP contribution is 2.37. The Kier molecular flexibility index (Phi) is 4.74. The van der Waals surface area contributed by atoms with Crippen molar-refractivity contribution in [1.82, 2.24) is 25.1 Å². The normalized spacial score (nSPS) is 17.3. The highest BCUT2D eigenvalue weighted by Gasteiger charge is 2.31. The maximum atomic E-state index is 5.60. The van der Waals surface area contributed by atoms with E-state index in [1.54, 1.807) is 11.8 Å². The van der Waals surface area contributed by atoms with Crippen molar-refractivity contribution in [2.75, 3.05) is 40.2 Å². The Balaban J connectivity index is 1.57. The Labute approximate surface area is 167 Å². The predicted octanol–water partition coefficient (Wildman–Crippen LogP) is 1.82. The maximum Gasteiger partial charge on any atom is 0.231 e. The first-order valence-corrected chi connectivity index (χ1v) is 9.47. The number of hydrogen-bond acceptors (Lipinski definition) is 8. The van der Waals surface area contributed by atoms with Gasteiger partial charge in [0.2, 0.25) is 6.79 Å². The predicted molar refractivity (Wildman–Crippen MR) is 103 cm³/mol. The molecule has 3 heterocycles. The van der Waals surface area contributed by atoms with E-state index in [0.717, 1.165) is 47.4 Å². The molecule has 0 radical (unpaired) electrons. The van der Waals surface area contributed by atoms with E-state index in [0.29, 0.717) is 13.2 Å². The van der Waals surface area contributed by atoms with Crippen LogP contribution in [0, 0.1) is 0 Å². The van der Waals surface area contributed by atoms with Crippen LogP contribution in [0.25, 0.3) is 5.69 Å². The molecule has 1 aromatic heterocycles. The molecule has 5 rings (SSSR count). The molecule has 1 saturated heterocycles. The second kappa shape index (κ2) is 7.69. The van der Waals surface area contributed by atoms with Crippen molar-refractivity contribution in [2.45, 2.75) is 6.04 Å². The molecule has 1 fully saturated rings. The van der Waals surface area contributed by atoms with Crippen molar-refractivity contribution in [3.8, 4) is 22.9 Å². The van der Waals surface area contributed by atoms with Gasteiger partial charge in [-0.3, -0.25) is 4.90 Å². The van der Waals surface area contributed by atoms with Gasteiger partial charge in [-0.15, -0.1) is 5.10 Å². The lowest BCUT2D eigenvalue weighted by atomic mass is 10.0. The smallest absolute Gasteiger partial charge is 0.231 e. The fraction of sp³-hybridized carbons (Fsp3) is 0.350. The van der Waals surface area contributed by atoms with E-state index >= 15 is 0 Å². The zero-order valence-corrected chi connectivity index (χ0v) is 16.0. The molecule has 2 aliphatic heterocycles. The number of nitrogens with zero attached hydrogens (tertiary/aromatic N) is 5. The van der Waals surface area contributed by atoms with Crippen LogP contribution in [0.5, 0.6) is 17.2 Å². The van der Waals surface area contributed by atoms with Gasteiger partial charge in [-0.05, 0) is 52.4 Å². The highest BCUT2D eigenvalue weighted by molar-refractivity contribution is 5.47. The molecule has 0 saturated carbocycles. The molecule has 2 aliphatic rings. The molecule has 0 N–H and O–H groups in total. The molecule has 0 spiro atoms. The average Bonchev–Trinajstić information content (AvgIpc) is 3.44. The summed E-state index contributed by atoms with van der Waals surface area (Å²) in [5, 5.41) is 12.6. The number of morpholine rings is 1. The van der Waals surface area contributed by atoms with Crippen LogP contribution in [-0.4, -0.2) is 65.3 Å². The van der Waals surface area contributed by atoms with Gasteiger partial charge in [-0.1, -0.05) is 6.07 Å². The van der Waals surface area contributed by atoms with Gasteiger partial charge in [-0.2, -0.15) is 4.68 Å². The summed E-state index contributed by atoms with van der Waals surface area (Å²) >= 11 is 0. The number of hydrogen-bond donors (Lipinski definition) is 0. The van der Waals surface area contributed by atoms with Crippen molar-refractivity contribution in [1.29, 1.82) is 0 Å². The monoisotopic (exact) mass is 395 g/mol. The largest absolute Gasteiger partial charge is 0.497 e. The highest BCUT2D eigenvalue weighted by atomic mass is 16.7. The van der Waals surface area contributed by atoms with Crippen LogP contribution < -0.4 is 14.2 Å². The van der Waals surface area contributed by atoms with Crippen molar-refractivity contribution in [3.05, 3.63) is 53.9 Å². The molecule has 150 valence electrons. The standard InChI is InChI=1S/C20H21N5O4/c1-26-16-5-3-15(4-6-16)25-20(21-22-23-25)19(24-8-10-27-11-9-24)14-2-7-17-18(12-14)29-13-28-17/h2-7,12,19H,8-11,13H2,1H3/t19-/m0/s1. The number of rotatable bonds is 5. The number of fused-ring (bicyclic) bond motifs is 1. The van der Waals surface area contributed by atoms with Crippen LogP contribution in [0.3, 0.4) is 0 Å². The Bertz CT molecular complexity index is 985. The summed E-state index contributed by atoms with van der Waals surface area (Å²) < 4.78 is 23.7. The quantitative estimate of drug-likeness (QED) is 0.647. The summed E-state index contributed by atoms with van der Waals surface area (Å²) in [5.74, 6) is 3.01. The lowest BCUT2D eigenvalue weighted by Crippen LogP contribution is -2.40. The second-order valence-corrected chi connectivity index (χ2v) is 6.81. The van der Waals surface area contributed by atoms with Gasteiger partial charge in [0.1, 0.15) is 5.75 Å². The molecular formula is C20H21N5O4. The van der Waals surface area contributed by atoms with E-state index in [9.17, 15) is 0 Å². The topological polar surface area (TPSA) is 83.8 Å². The lowest BCUT2D eigenvalue weighted by molar-refractivity contribution is 0.0220. The fourth-order valence-corrected chi connectivity index (χ4v) is 3.71. The molecule has 0 aliphatic carbocycles. The van der Waals surface area contributed by atoms with E-state index in [-0.39, 0.29) is 12.8 Å². The first-order valence-electron chi connectivity index (χ1n) is 9.47. The molecule has 0 bridgehead atoms. The van der Waals surface area contributed by atoms with Gasteiger partial charge in [0, 0.05) is 13.1 Å².